The summed E-state index contributed by atoms with van der Waals surface area (Å²) in [5.41, 5.74) is 4.97. The first-order chi connectivity index (χ1) is 16.3. The van der Waals surface area contributed by atoms with Gasteiger partial charge in [-0.25, -0.2) is 9.18 Å². The first-order valence-corrected chi connectivity index (χ1v) is 12.1. The minimum atomic E-state index is -1.08. The van der Waals surface area contributed by atoms with Gasteiger partial charge in [-0.1, -0.05) is 36.7 Å². The number of aromatic amines is 1. The van der Waals surface area contributed by atoms with Crippen LogP contribution in [0.2, 0.25) is 5.02 Å². The van der Waals surface area contributed by atoms with Crippen LogP contribution >= 0.6 is 22.9 Å². The Bertz CT molecular complexity index is 1500. The summed E-state index contributed by atoms with van der Waals surface area (Å²) < 4.78 is 14.3. The molecule has 0 saturated carbocycles. The zero-order chi connectivity index (χ0) is 24.4. The number of benzene rings is 1. The van der Waals surface area contributed by atoms with E-state index < -0.39 is 12.1 Å². The van der Waals surface area contributed by atoms with E-state index in [4.69, 9.17) is 11.6 Å². The van der Waals surface area contributed by atoms with Crippen molar-refractivity contribution >= 4 is 52.2 Å². The van der Waals surface area contributed by atoms with Crippen molar-refractivity contribution in [2.75, 3.05) is 0 Å². The van der Waals surface area contributed by atoms with Gasteiger partial charge in [0.15, 0.2) is 0 Å². The second kappa shape index (κ2) is 9.84. The van der Waals surface area contributed by atoms with Crippen molar-refractivity contribution in [1.82, 2.24) is 4.98 Å². The summed E-state index contributed by atoms with van der Waals surface area (Å²) in [5.74, 6) is -1.04. The lowest BCUT2D eigenvalue weighted by atomic mass is 9.95. The monoisotopic (exact) mass is 492 g/mol. The molecule has 7 heteroatoms. The second-order valence-corrected chi connectivity index (χ2v) is 9.32. The van der Waals surface area contributed by atoms with E-state index in [1.165, 1.54) is 23.5 Å². The second-order valence-electron chi connectivity index (χ2n) is 7.99. The lowest BCUT2D eigenvalue weighted by Gasteiger charge is -2.10. The van der Waals surface area contributed by atoms with E-state index in [2.05, 4.69) is 17.1 Å². The number of carboxylic acids is 1. The van der Waals surface area contributed by atoms with E-state index in [0.29, 0.717) is 16.3 Å². The first-order valence-electron chi connectivity index (χ1n) is 10.8. The minimum absolute atomic E-state index is 0.124. The van der Waals surface area contributed by atoms with Crippen LogP contribution in [0.3, 0.4) is 0 Å². The van der Waals surface area contributed by atoms with Gasteiger partial charge in [-0.05, 0) is 65.8 Å². The van der Waals surface area contributed by atoms with E-state index in [9.17, 15) is 19.6 Å². The molecule has 0 aliphatic heterocycles. The fourth-order valence-corrected chi connectivity index (χ4v) is 5.19. The Kier molecular flexibility index (Phi) is 6.87. The van der Waals surface area contributed by atoms with Crippen LogP contribution in [0.5, 0.6) is 0 Å². The van der Waals surface area contributed by atoms with Crippen molar-refractivity contribution in [2.24, 2.45) is 0 Å². The Hall–Kier alpha value is -3.40. The highest BCUT2D eigenvalue weighted by molar-refractivity contribution is 7.11. The maximum atomic E-state index is 14.3. The van der Waals surface area contributed by atoms with Crippen molar-refractivity contribution in [3.8, 4) is 17.2 Å². The van der Waals surface area contributed by atoms with Crippen LogP contribution in [-0.4, -0.2) is 22.2 Å². The van der Waals surface area contributed by atoms with Crippen LogP contribution in [-0.2, 0) is 0 Å². The van der Waals surface area contributed by atoms with Gasteiger partial charge in [0.05, 0.1) is 11.3 Å². The van der Waals surface area contributed by atoms with Gasteiger partial charge in [-0.3, -0.25) is 0 Å². The van der Waals surface area contributed by atoms with Crippen molar-refractivity contribution in [1.29, 1.82) is 5.26 Å². The molecule has 1 aromatic carbocycles. The van der Waals surface area contributed by atoms with E-state index in [-0.39, 0.29) is 5.56 Å². The van der Waals surface area contributed by atoms with Crippen LogP contribution in [0.4, 0.5) is 4.39 Å². The molecule has 3 aromatic rings. The van der Waals surface area contributed by atoms with E-state index >= 15 is 0 Å². The van der Waals surface area contributed by atoms with E-state index in [0.717, 1.165) is 50.5 Å². The molecule has 2 aromatic heterocycles. The van der Waals surface area contributed by atoms with Gasteiger partial charge in [0, 0.05) is 33.1 Å². The molecule has 1 atom stereocenters. The molecule has 4 rings (SSSR count). The zero-order valence-electron chi connectivity index (χ0n) is 18.7. The molecule has 0 radical (unpaired) electrons. The maximum absolute atomic E-state index is 14.3. The van der Waals surface area contributed by atoms with Gasteiger partial charge in [0.1, 0.15) is 17.1 Å². The molecular weight excluding hydrogens is 471 g/mol. The molecule has 0 amide bonds. The number of halogens is 2. The smallest absolute Gasteiger partial charge is 0.335 e. The van der Waals surface area contributed by atoms with Gasteiger partial charge < -0.3 is 10.1 Å². The quantitative estimate of drug-likeness (QED) is 0.404. The molecule has 1 aliphatic carbocycles. The number of H-pyrrole nitrogens is 1. The van der Waals surface area contributed by atoms with Gasteiger partial charge in [-0.2, -0.15) is 5.26 Å². The summed E-state index contributed by atoms with van der Waals surface area (Å²) in [6, 6.07) is 8.81. The van der Waals surface area contributed by atoms with Gasteiger partial charge in [0.25, 0.3) is 0 Å². The number of fused-ring (bicyclic) bond motifs is 1. The summed E-state index contributed by atoms with van der Waals surface area (Å²) in [5, 5.41) is 22.7. The number of alkyl halides is 1. The molecule has 0 bridgehead atoms. The van der Waals surface area contributed by atoms with Crippen LogP contribution in [0, 0.1) is 11.3 Å². The minimum Gasteiger partial charge on any atom is -0.478 e. The fraction of sp³-hybridized carbons (Fsp3) is 0.185. The number of carbonyl (C=O) groups is 1. The predicted molar refractivity (Wildman–Crippen MR) is 137 cm³/mol. The fourth-order valence-electron chi connectivity index (χ4n) is 4.17. The van der Waals surface area contributed by atoms with E-state index in [1.807, 2.05) is 37.4 Å². The SMILES string of the molecule is CC/C=C(\C=C(/C)c1ccc(C(=O)O)cc1Cl)c1[nH]c2c(c1-c1ccsc1C#N)=CC(F)CC=2. The molecule has 2 heterocycles. The Morgan fingerprint density at radius 1 is 1.41 bits per heavy atom. The number of rotatable bonds is 6. The largest absolute Gasteiger partial charge is 0.478 e. The third-order valence-electron chi connectivity index (χ3n) is 5.73. The number of nitrogens with one attached hydrogen (secondary N) is 1. The average molecular weight is 493 g/mol. The number of aromatic nitrogens is 1. The number of allylic oxidation sites excluding steroid dienone is 4. The van der Waals surface area contributed by atoms with Crippen molar-refractivity contribution in [2.45, 2.75) is 32.9 Å². The average Bonchev–Trinajstić information content (AvgIpc) is 3.42. The lowest BCUT2D eigenvalue weighted by molar-refractivity contribution is 0.0697. The number of thiophene rings is 1. The lowest BCUT2D eigenvalue weighted by Crippen LogP contribution is -2.29. The van der Waals surface area contributed by atoms with Gasteiger partial charge >= 0.3 is 5.97 Å². The van der Waals surface area contributed by atoms with E-state index in [1.54, 1.807) is 12.1 Å². The van der Waals surface area contributed by atoms with Crippen molar-refractivity contribution in [3.63, 3.8) is 0 Å². The highest BCUT2D eigenvalue weighted by Gasteiger charge is 2.20. The highest BCUT2D eigenvalue weighted by Crippen LogP contribution is 2.33. The van der Waals surface area contributed by atoms with Gasteiger partial charge in [-0.15, -0.1) is 11.3 Å². The van der Waals surface area contributed by atoms with Crippen LogP contribution in [0.15, 0.2) is 41.8 Å². The Balaban J connectivity index is 1.92. The summed E-state index contributed by atoms with van der Waals surface area (Å²) in [4.78, 5) is 15.3. The molecule has 0 spiro atoms. The predicted octanol–water partition coefficient (Wildman–Crippen LogP) is 6.17. The molecule has 1 unspecified atom stereocenters. The number of hydrogen-bond acceptors (Lipinski definition) is 3. The maximum Gasteiger partial charge on any atom is 0.335 e. The third-order valence-corrected chi connectivity index (χ3v) is 6.86. The highest BCUT2D eigenvalue weighted by atomic mass is 35.5. The van der Waals surface area contributed by atoms with Crippen LogP contribution in [0.25, 0.3) is 34.4 Å². The topological polar surface area (TPSA) is 76.9 Å². The molecule has 0 saturated heterocycles. The zero-order valence-corrected chi connectivity index (χ0v) is 20.2. The molecular formula is C27H22ClFN2O2S. The summed E-state index contributed by atoms with van der Waals surface area (Å²) in [7, 11) is 0. The Labute approximate surface area is 205 Å². The molecule has 0 fully saturated rings. The number of nitriles is 1. The third kappa shape index (κ3) is 4.50. The van der Waals surface area contributed by atoms with Crippen LogP contribution < -0.4 is 10.6 Å². The van der Waals surface area contributed by atoms with Crippen molar-refractivity contribution < 1.29 is 14.3 Å². The van der Waals surface area contributed by atoms with Crippen LogP contribution in [0.1, 0.15) is 53.2 Å². The van der Waals surface area contributed by atoms with Crippen molar-refractivity contribution in [3.05, 3.63) is 79.1 Å². The summed E-state index contributed by atoms with van der Waals surface area (Å²) in [6.45, 7) is 3.94. The number of aromatic carboxylic acids is 1. The number of carboxylic acid groups (broad SMARTS) is 1. The molecule has 1 aliphatic rings. The molecule has 4 nitrogen and oxygen atoms in total. The molecule has 172 valence electrons. The normalized spacial score (nSPS) is 15.8. The molecule has 34 heavy (non-hydrogen) atoms. The molecule has 2 N–H and O–H groups in total. The number of hydrogen-bond donors (Lipinski definition) is 2. The Morgan fingerprint density at radius 2 is 2.21 bits per heavy atom. The summed E-state index contributed by atoms with van der Waals surface area (Å²) >= 11 is 7.76. The summed E-state index contributed by atoms with van der Waals surface area (Å²) in [6.07, 6.45) is 7.49. The van der Waals surface area contributed by atoms with Gasteiger partial charge in [0.2, 0.25) is 0 Å². The number of nitrogens with zero attached hydrogens (tertiary/aromatic N) is 1. The first kappa shape index (κ1) is 23.7. The standard InChI is InChI=1S/C27H22ClFN2O2S/c1-3-4-16(11-15(2)19-7-5-17(27(32)33)12-22(19)28)26-25(20-9-10-34-24(20)14-30)21-13-18(29)6-8-23(21)31-26/h4-5,7-13,18,31H,3,6H2,1-2H3,(H,32,33)/b15-11+,16-4+. The Morgan fingerprint density at radius 3 is 2.88 bits per heavy atom.